The molecule has 16 heavy (non-hydrogen) atoms. The standard InChI is InChI=1S/C13H21FN2/c1-4-5-10(2)8-13(15-3)11-6-7-16-9-12(11)14/h6-7,9-10,13,15H,4-5,8H2,1-3H3. The highest BCUT2D eigenvalue weighted by molar-refractivity contribution is 5.17. The summed E-state index contributed by atoms with van der Waals surface area (Å²) in [5.74, 6) is 0.389. The molecule has 1 heterocycles. The average molecular weight is 224 g/mol. The minimum absolute atomic E-state index is 0.0875. The van der Waals surface area contributed by atoms with Gasteiger partial charge < -0.3 is 5.32 Å². The molecule has 0 saturated carbocycles. The van der Waals surface area contributed by atoms with Gasteiger partial charge in [-0.15, -0.1) is 0 Å². The van der Waals surface area contributed by atoms with Crippen LogP contribution in [0.25, 0.3) is 0 Å². The van der Waals surface area contributed by atoms with E-state index < -0.39 is 0 Å². The van der Waals surface area contributed by atoms with E-state index in [-0.39, 0.29) is 11.9 Å². The second-order valence-electron chi connectivity index (χ2n) is 4.37. The molecule has 2 unspecified atom stereocenters. The van der Waals surface area contributed by atoms with Crippen molar-refractivity contribution in [3.05, 3.63) is 29.8 Å². The Hall–Kier alpha value is -0.960. The maximum absolute atomic E-state index is 13.6. The average Bonchev–Trinajstić information content (AvgIpc) is 2.27. The minimum atomic E-state index is -0.217. The van der Waals surface area contributed by atoms with E-state index in [0.29, 0.717) is 5.92 Å². The van der Waals surface area contributed by atoms with Gasteiger partial charge in [0, 0.05) is 17.8 Å². The molecule has 0 fully saturated rings. The number of pyridine rings is 1. The SMILES string of the molecule is CCCC(C)CC(NC)c1ccncc1F. The zero-order valence-electron chi connectivity index (χ0n) is 10.3. The summed E-state index contributed by atoms with van der Waals surface area (Å²) in [6.45, 7) is 4.39. The van der Waals surface area contributed by atoms with Crippen molar-refractivity contribution < 1.29 is 4.39 Å². The lowest BCUT2D eigenvalue weighted by Gasteiger charge is -2.21. The van der Waals surface area contributed by atoms with Crippen LogP contribution in [0.2, 0.25) is 0 Å². The molecule has 0 spiro atoms. The number of aromatic nitrogens is 1. The van der Waals surface area contributed by atoms with Crippen LogP contribution >= 0.6 is 0 Å². The molecule has 0 aromatic carbocycles. The van der Waals surface area contributed by atoms with E-state index in [4.69, 9.17) is 0 Å². The molecular weight excluding hydrogens is 203 g/mol. The van der Waals surface area contributed by atoms with Gasteiger partial charge in [-0.2, -0.15) is 0 Å². The highest BCUT2D eigenvalue weighted by atomic mass is 19.1. The van der Waals surface area contributed by atoms with Crippen molar-refractivity contribution in [2.24, 2.45) is 5.92 Å². The summed E-state index contributed by atoms with van der Waals surface area (Å²) in [6, 6.07) is 1.85. The van der Waals surface area contributed by atoms with Crippen LogP contribution in [0.3, 0.4) is 0 Å². The molecular formula is C13H21FN2. The van der Waals surface area contributed by atoms with Crippen molar-refractivity contribution in [1.29, 1.82) is 0 Å². The van der Waals surface area contributed by atoms with Crippen LogP contribution in [-0.2, 0) is 0 Å². The second-order valence-corrected chi connectivity index (χ2v) is 4.37. The van der Waals surface area contributed by atoms with Crippen molar-refractivity contribution in [2.45, 2.75) is 39.2 Å². The lowest BCUT2D eigenvalue weighted by atomic mass is 9.93. The highest BCUT2D eigenvalue weighted by Gasteiger charge is 2.16. The molecule has 0 aliphatic heterocycles. The monoisotopic (exact) mass is 224 g/mol. The molecule has 90 valence electrons. The van der Waals surface area contributed by atoms with Crippen LogP contribution in [-0.4, -0.2) is 12.0 Å². The fourth-order valence-electron chi connectivity index (χ4n) is 2.08. The van der Waals surface area contributed by atoms with Crippen molar-refractivity contribution in [3.63, 3.8) is 0 Å². The minimum Gasteiger partial charge on any atom is -0.313 e. The van der Waals surface area contributed by atoms with Gasteiger partial charge in [0.2, 0.25) is 0 Å². The summed E-state index contributed by atoms with van der Waals surface area (Å²) < 4.78 is 13.6. The molecule has 0 saturated heterocycles. The Labute approximate surface area is 97.3 Å². The van der Waals surface area contributed by atoms with Gasteiger partial charge in [0.25, 0.3) is 0 Å². The van der Waals surface area contributed by atoms with Crippen LogP contribution < -0.4 is 5.32 Å². The molecule has 1 aromatic rings. The fraction of sp³-hybridized carbons (Fsp3) is 0.615. The lowest BCUT2D eigenvalue weighted by Crippen LogP contribution is -2.20. The van der Waals surface area contributed by atoms with Gasteiger partial charge >= 0.3 is 0 Å². The number of halogens is 1. The third-order valence-electron chi connectivity index (χ3n) is 2.95. The number of nitrogens with zero attached hydrogens (tertiary/aromatic N) is 1. The third kappa shape index (κ3) is 3.56. The molecule has 0 bridgehead atoms. The van der Waals surface area contributed by atoms with E-state index in [9.17, 15) is 4.39 Å². The quantitative estimate of drug-likeness (QED) is 0.802. The van der Waals surface area contributed by atoms with E-state index in [1.165, 1.54) is 19.0 Å². The van der Waals surface area contributed by atoms with Crippen LogP contribution in [0.5, 0.6) is 0 Å². The maximum Gasteiger partial charge on any atom is 0.146 e. The molecule has 2 nitrogen and oxygen atoms in total. The van der Waals surface area contributed by atoms with E-state index in [0.717, 1.165) is 12.0 Å². The Morgan fingerprint density at radius 3 is 2.81 bits per heavy atom. The largest absolute Gasteiger partial charge is 0.313 e. The van der Waals surface area contributed by atoms with Gasteiger partial charge in [-0.3, -0.25) is 4.98 Å². The Bertz CT molecular complexity index is 315. The Kier molecular flexibility index (Phi) is 5.39. The molecule has 0 radical (unpaired) electrons. The van der Waals surface area contributed by atoms with E-state index in [2.05, 4.69) is 24.1 Å². The van der Waals surface area contributed by atoms with Crippen molar-refractivity contribution in [3.8, 4) is 0 Å². The Morgan fingerprint density at radius 2 is 2.25 bits per heavy atom. The van der Waals surface area contributed by atoms with Crippen LogP contribution in [0.15, 0.2) is 18.5 Å². The number of nitrogens with one attached hydrogen (secondary N) is 1. The summed E-state index contributed by atoms with van der Waals surface area (Å²) in [5.41, 5.74) is 0.723. The number of rotatable bonds is 6. The molecule has 0 aliphatic carbocycles. The molecule has 0 amide bonds. The van der Waals surface area contributed by atoms with Gasteiger partial charge in [0.15, 0.2) is 0 Å². The first-order valence-corrected chi connectivity index (χ1v) is 5.95. The first-order chi connectivity index (χ1) is 7.69. The smallest absolute Gasteiger partial charge is 0.146 e. The molecule has 0 aliphatic rings. The summed E-state index contributed by atoms with van der Waals surface area (Å²) in [5, 5.41) is 3.18. The van der Waals surface area contributed by atoms with Crippen LogP contribution in [0.1, 0.15) is 44.7 Å². The second kappa shape index (κ2) is 6.59. The summed E-state index contributed by atoms with van der Waals surface area (Å²) >= 11 is 0. The lowest BCUT2D eigenvalue weighted by molar-refractivity contribution is 0.397. The Balaban J connectivity index is 2.71. The molecule has 1 aromatic heterocycles. The molecule has 3 heteroatoms. The topological polar surface area (TPSA) is 24.9 Å². The zero-order chi connectivity index (χ0) is 12.0. The fourth-order valence-corrected chi connectivity index (χ4v) is 2.08. The van der Waals surface area contributed by atoms with Gasteiger partial charge in [-0.25, -0.2) is 4.39 Å². The third-order valence-corrected chi connectivity index (χ3v) is 2.95. The molecule has 2 atom stereocenters. The van der Waals surface area contributed by atoms with E-state index >= 15 is 0 Å². The van der Waals surface area contributed by atoms with Crippen LogP contribution in [0, 0.1) is 11.7 Å². The number of hydrogen-bond donors (Lipinski definition) is 1. The molecule has 1 N–H and O–H groups in total. The highest BCUT2D eigenvalue weighted by Crippen LogP contribution is 2.24. The maximum atomic E-state index is 13.6. The van der Waals surface area contributed by atoms with Crippen molar-refractivity contribution in [2.75, 3.05) is 7.05 Å². The van der Waals surface area contributed by atoms with E-state index in [1.807, 2.05) is 7.05 Å². The first kappa shape index (κ1) is 13.1. The summed E-state index contributed by atoms with van der Waals surface area (Å²) in [7, 11) is 1.88. The van der Waals surface area contributed by atoms with Gasteiger partial charge in [-0.05, 0) is 25.5 Å². The molecule has 1 rings (SSSR count). The van der Waals surface area contributed by atoms with Gasteiger partial charge in [0.05, 0.1) is 6.20 Å². The first-order valence-electron chi connectivity index (χ1n) is 5.95. The number of hydrogen-bond acceptors (Lipinski definition) is 2. The van der Waals surface area contributed by atoms with Crippen molar-refractivity contribution in [1.82, 2.24) is 10.3 Å². The normalized spacial score (nSPS) is 14.8. The van der Waals surface area contributed by atoms with Gasteiger partial charge in [0.1, 0.15) is 5.82 Å². The predicted octanol–water partition coefficient (Wildman–Crippen LogP) is 3.31. The van der Waals surface area contributed by atoms with Gasteiger partial charge in [-0.1, -0.05) is 26.7 Å². The zero-order valence-corrected chi connectivity index (χ0v) is 10.3. The van der Waals surface area contributed by atoms with Crippen LogP contribution in [0.4, 0.5) is 4.39 Å². The summed E-state index contributed by atoms with van der Waals surface area (Å²) in [4.78, 5) is 3.77. The van der Waals surface area contributed by atoms with E-state index in [1.54, 1.807) is 12.3 Å². The Morgan fingerprint density at radius 1 is 1.50 bits per heavy atom. The van der Waals surface area contributed by atoms with Crippen molar-refractivity contribution >= 4 is 0 Å². The predicted molar refractivity (Wildman–Crippen MR) is 64.7 cm³/mol. The summed E-state index contributed by atoms with van der Waals surface area (Å²) in [6.07, 6.45) is 6.25.